The van der Waals surface area contributed by atoms with E-state index >= 15 is 0 Å². The first-order valence-electron chi connectivity index (χ1n) is 8.44. The summed E-state index contributed by atoms with van der Waals surface area (Å²) >= 11 is 0. The van der Waals surface area contributed by atoms with Crippen molar-refractivity contribution in [3.63, 3.8) is 0 Å². The number of hydrogen-bond donors (Lipinski definition) is 1. The molecule has 0 amide bonds. The number of nitrogens with zero attached hydrogens (tertiary/aromatic N) is 2. The summed E-state index contributed by atoms with van der Waals surface area (Å²) in [4.78, 5) is 5.29. The second kappa shape index (κ2) is 5.91. The predicted octanol–water partition coefficient (Wildman–Crippen LogP) is 1.31. The third kappa shape index (κ3) is 3.03. The molecule has 0 spiro atoms. The minimum Gasteiger partial charge on any atom is -0.374 e. The van der Waals surface area contributed by atoms with Crippen LogP contribution in [0.5, 0.6) is 0 Å². The summed E-state index contributed by atoms with van der Waals surface area (Å²) in [7, 11) is 0. The molecule has 4 heteroatoms. The predicted molar refractivity (Wildman–Crippen MR) is 82.1 cm³/mol. The van der Waals surface area contributed by atoms with Gasteiger partial charge < -0.3 is 10.1 Å². The summed E-state index contributed by atoms with van der Waals surface area (Å²) in [5.74, 6) is 0. The van der Waals surface area contributed by atoms with E-state index in [1.807, 2.05) is 0 Å². The number of ether oxygens (including phenoxy) is 1. The zero-order chi connectivity index (χ0) is 14.2. The molecular formula is C16H31N3O. The van der Waals surface area contributed by atoms with E-state index in [1.54, 1.807) is 0 Å². The number of morpholine rings is 1. The fourth-order valence-electron chi connectivity index (χ4n) is 3.92. The number of hydrogen-bond acceptors (Lipinski definition) is 4. The van der Waals surface area contributed by atoms with Gasteiger partial charge in [0, 0.05) is 43.8 Å². The molecule has 3 aliphatic rings. The van der Waals surface area contributed by atoms with Gasteiger partial charge in [0.05, 0.1) is 12.7 Å². The normalized spacial score (nSPS) is 43.6. The molecule has 4 atom stereocenters. The van der Waals surface area contributed by atoms with E-state index in [1.165, 1.54) is 25.8 Å². The summed E-state index contributed by atoms with van der Waals surface area (Å²) in [5, 5.41) is 3.71. The molecule has 3 aliphatic heterocycles. The molecule has 3 heterocycles. The molecule has 3 saturated heterocycles. The molecule has 3 fully saturated rings. The topological polar surface area (TPSA) is 27.7 Å². The first-order valence-corrected chi connectivity index (χ1v) is 8.44. The monoisotopic (exact) mass is 281 g/mol. The van der Waals surface area contributed by atoms with Crippen LogP contribution in [0.25, 0.3) is 0 Å². The van der Waals surface area contributed by atoms with Crippen LogP contribution in [0.15, 0.2) is 0 Å². The van der Waals surface area contributed by atoms with Crippen molar-refractivity contribution in [3.05, 3.63) is 0 Å². The average molecular weight is 281 g/mol. The largest absolute Gasteiger partial charge is 0.374 e. The maximum Gasteiger partial charge on any atom is 0.0829 e. The second-order valence-corrected chi connectivity index (χ2v) is 7.32. The molecule has 0 aromatic heterocycles. The smallest absolute Gasteiger partial charge is 0.0829 e. The van der Waals surface area contributed by atoms with Crippen LogP contribution in [0.1, 0.15) is 40.0 Å². The van der Waals surface area contributed by atoms with Crippen LogP contribution in [0.2, 0.25) is 0 Å². The summed E-state index contributed by atoms with van der Waals surface area (Å²) in [6.07, 6.45) is 4.30. The van der Waals surface area contributed by atoms with Crippen LogP contribution < -0.4 is 5.32 Å². The van der Waals surface area contributed by atoms with E-state index in [0.717, 1.165) is 32.8 Å². The fraction of sp³-hybridized carbons (Fsp3) is 1.00. The van der Waals surface area contributed by atoms with Gasteiger partial charge in [0.15, 0.2) is 0 Å². The lowest BCUT2D eigenvalue weighted by atomic mass is 9.93. The third-order valence-corrected chi connectivity index (χ3v) is 5.68. The van der Waals surface area contributed by atoms with Crippen molar-refractivity contribution >= 4 is 0 Å². The SMILES string of the molecule is CCC1(C)CN(CC2CN3CCCC3CO2)C(C)CN1. The molecule has 20 heavy (non-hydrogen) atoms. The Morgan fingerprint density at radius 3 is 3.05 bits per heavy atom. The molecule has 0 saturated carbocycles. The summed E-state index contributed by atoms with van der Waals surface area (Å²) in [5.41, 5.74) is 0.275. The Morgan fingerprint density at radius 1 is 1.40 bits per heavy atom. The molecule has 4 unspecified atom stereocenters. The Morgan fingerprint density at radius 2 is 2.25 bits per heavy atom. The Hall–Kier alpha value is -0.160. The molecule has 3 rings (SSSR count). The zero-order valence-corrected chi connectivity index (χ0v) is 13.4. The number of piperazine rings is 1. The van der Waals surface area contributed by atoms with Crippen molar-refractivity contribution in [1.82, 2.24) is 15.1 Å². The lowest BCUT2D eigenvalue weighted by Gasteiger charge is -2.47. The van der Waals surface area contributed by atoms with Gasteiger partial charge in [-0.3, -0.25) is 9.80 Å². The van der Waals surface area contributed by atoms with Crippen molar-refractivity contribution in [2.24, 2.45) is 0 Å². The number of nitrogens with one attached hydrogen (secondary N) is 1. The molecule has 0 aromatic rings. The molecular weight excluding hydrogens is 250 g/mol. The van der Waals surface area contributed by atoms with Gasteiger partial charge in [-0.25, -0.2) is 0 Å². The van der Waals surface area contributed by atoms with E-state index in [4.69, 9.17) is 4.74 Å². The minimum atomic E-state index is 0.275. The minimum absolute atomic E-state index is 0.275. The van der Waals surface area contributed by atoms with Gasteiger partial charge in [-0.15, -0.1) is 0 Å². The summed E-state index contributed by atoms with van der Waals surface area (Å²) in [6.45, 7) is 13.7. The van der Waals surface area contributed by atoms with E-state index in [-0.39, 0.29) is 5.54 Å². The van der Waals surface area contributed by atoms with Crippen molar-refractivity contribution in [3.8, 4) is 0 Å². The van der Waals surface area contributed by atoms with Crippen molar-refractivity contribution in [2.45, 2.75) is 63.8 Å². The van der Waals surface area contributed by atoms with Gasteiger partial charge in [-0.1, -0.05) is 6.92 Å². The van der Waals surface area contributed by atoms with Gasteiger partial charge in [-0.2, -0.15) is 0 Å². The Bertz CT molecular complexity index is 338. The van der Waals surface area contributed by atoms with Gasteiger partial charge in [-0.05, 0) is 39.7 Å². The highest BCUT2D eigenvalue weighted by Crippen LogP contribution is 2.25. The summed E-state index contributed by atoms with van der Waals surface area (Å²) < 4.78 is 6.14. The second-order valence-electron chi connectivity index (χ2n) is 7.32. The van der Waals surface area contributed by atoms with E-state index in [9.17, 15) is 0 Å². The summed E-state index contributed by atoms with van der Waals surface area (Å²) in [6, 6.07) is 1.34. The Balaban J connectivity index is 1.56. The molecule has 1 N–H and O–H groups in total. The van der Waals surface area contributed by atoms with Crippen LogP contribution in [-0.4, -0.2) is 72.9 Å². The lowest BCUT2D eigenvalue weighted by molar-refractivity contribution is -0.0713. The van der Waals surface area contributed by atoms with Crippen LogP contribution in [0, 0.1) is 0 Å². The highest BCUT2D eigenvalue weighted by atomic mass is 16.5. The zero-order valence-electron chi connectivity index (χ0n) is 13.4. The first kappa shape index (κ1) is 14.8. The van der Waals surface area contributed by atoms with Gasteiger partial charge in [0.2, 0.25) is 0 Å². The van der Waals surface area contributed by atoms with Gasteiger partial charge >= 0.3 is 0 Å². The lowest BCUT2D eigenvalue weighted by Crippen LogP contribution is -2.63. The Labute approximate surface area is 123 Å². The van der Waals surface area contributed by atoms with Crippen LogP contribution >= 0.6 is 0 Å². The van der Waals surface area contributed by atoms with Crippen molar-refractivity contribution in [2.75, 3.05) is 39.3 Å². The van der Waals surface area contributed by atoms with Crippen molar-refractivity contribution in [1.29, 1.82) is 0 Å². The molecule has 116 valence electrons. The van der Waals surface area contributed by atoms with Crippen LogP contribution in [-0.2, 0) is 4.74 Å². The highest BCUT2D eigenvalue weighted by Gasteiger charge is 2.37. The molecule has 0 radical (unpaired) electrons. The first-order chi connectivity index (χ1) is 9.59. The fourth-order valence-corrected chi connectivity index (χ4v) is 3.92. The van der Waals surface area contributed by atoms with Gasteiger partial charge in [0.25, 0.3) is 0 Å². The molecule has 4 nitrogen and oxygen atoms in total. The Kier molecular flexibility index (Phi) is 4.37. The highest BCUT2D eigenvalue weighted by molar-refractivity contribution is 4.95. The molecule has 0 aliphatic carbocycles. The van der Waals surface area contributed by atoms with Gasteiger partial charge in [0.1, 0.15) is 0 Å². The molecule has 0 aromatic carbocycles. The van der Waals surface area contributed by atoms with E-state index < -0.39 is 0 Å². The maximum absolute atomic E-state index is 6.14. The number of rotatable bonds is 3. The quantitative estimate of drug-likeness (QED) is 0.844. The number of fused-ring (bicyclic) bond motifs is 1. The van der Waals surface area contributed by atoms with Crippen LogP contribution in [0.3, 0.4) is 0 Å². The van der Waals surface area contributed by atoms with E-state index in [2.05, 4.69) is 35.9 Å². The van der Waals surface area contributed by atoms with E-state index in [0.29, 0.717) is 18.2 Å². The van der Waals surface area contributed by atoms with Crippen LogP contribution in [0.4, 0.5) is 0 Å². The third-order valence-electron chi connectivity index (χ3n) is 5.68. The molecule has 0 bridgehead atoms. The standard InChI is InChI=1S/C16H31N3O/c1-4-16(3)12-19(13(2)8-17-16)10-15-9-18-7-5-6-14(18)11-20-15/h13-15,17H,4-12H2,1-3H3. The maximum atomic E-state index is 6.14. The average Bonchev–Trinajstić information content (AvgIpc) is 2.91. The van der Waals surface area contributed by atoms with Crippen molar-refractivity contribution < 1.29 is 4.74 Å².